The first-order valence-corrected chi connectivity index (χ1v) is 4.84. The van der Waals surface area contributed by atoms with Gasteiger partial charge in [-0.1, -0.05) is 26.2 Å². The largest absolute Gasteiger partial charge is 0.0625 e. The molecule has 0 nitrogen and oxygen atoms in total. The van der Waals surface area contributed by atoms with Gasteiger partial charge in [0.15, 0.2) is 0 Å². The summed E-state index contributed by atoms with van der Waals surface area (Å²) in [6, 6.07) is 0. The van der Waals surface area contributed by atoms with Crippen LogP contribution in [-0.2, 0) is 0 Å². The van der Waals surface area contributed by atoms with Crippen molar-refractivity contribution < 1.29 is 0 Å². The second kappa shape index (κ2) is 2.56. The van der Waals surface area contributed by atoms with Gasteiger partial charge in [-0.05, 0) is 37.0 Å². The minimum Gasteiger partial charge on any atom is -0.0625 e. The standard InChI is InChI=1S/C10H18/c1-8-5-10(6-8)7-9-3-2-4-9/h8-10H,2-7H2,1H3. The molecule has 2 aliphatic rings. The van der Waals surface area contributed by atoms with Crippen LogP contribution in [0.1, 0.15) is 45.4 Å². The molecule has 0 N–H and O–H groups in total. The molecule has 2 aliphatic carbocycles. The molecule has 10 heavy (non-hydrogen) atoms. The number of hydrogen-bond acceptors (Lipinski definition) is 0. The Kier molecular flexibility index (Phi) is 1.71. The molecule has 0 aromatic heterocycles. The van der Waals surface area contributed by atoms with Crippen LogP contribution in [0.15, 0.2) is 0 Å². The summed E-state index contributed by atoms with van der Waals surface area (Å²) >= 11 is 0. The summed E-state index contributed by atoms with van der Waals surface area (Å²) < 4.78 is 0. The first-order chi connectivity index (χ1) is 4.84. The van der Waals surface area contributed by atoms with Crippen molar-refractivity contribution in [1.82, 2.24) is 0 Å². The summed E-state index contributed by atoms with van der Waals surface area (Å²) in [5.41, 5.74) is 0. The highest BCUT2D eigenvalue weighted by atomic mass is 14.3. The summed E-state index contributed by atoms with van der Waals surface area (Å²) in [7, 11) is 0. The van der Waals surface area contributed by atoms with Gasteiger partial charge < -0.3 is 0 Å². The minimum absolute atomic E-state index is 1.06. The molecular weight excluding hydrogens is 120 g/mol. The van der Waals surface area contributed by atoms with E-state index in [0.29, 0.717) is 0 Å². The Labute approximate surface area is 64.0 Å². The number of hydrogen-bond donors (Lipinski definition) is 0. The Balaban J connectivity index is 1.62. The molecule has 0 heterocycles. The third-order valence-electron chi connectivity index (χ3n) is 3.36. The molecule has 0 aromatic rings. The summed E-state index contributed by atoms with van der Waals surface area (Å²) in [6.45, 7) is 2.39. The van der Waals surface area contributed by atoms with Crippen molar-refractivity contribution in [2.24, 2.45) is 17.8 Å². The Morgan fingerprint density at radius 2 is 1.80 bits per heavy atom. The van der Waals surface area contributed by atoms with Crippen molar-refractivity contribution in [3.05, 3.63) is 0 Å². The van der Waals surface area contributed by atoms with Crippen molar-refractivity contribution in [2.45, 2.75) is 45.4 Å². The highest BCUT2D eigenvalue weighted by Gasteiger charge is 2.29. The first-order valence-electron chi connectivity index (χ1n) is 4.84. The first kappa shape index (κ1) is 6.69. The fourth-order valence-corrected chi connectivity index (χ4v) is 2.46. The lowest BCUT2D eigenvalue weighted by Gasteiger charge is -2.38. The van der Waals surface area contributed by atoms with E-state index in [-0.39, 0.29) is 0 Å². The van der Waals surface area contributed by atoms with E-state index in [9.17, 15) is 0 Å². The minimum atomic E-state index is 1.06. The highest BCUT2D eigenvalue weighted by Crippen LogP contribution is 2.42. The van der Waals surface area contributed by atoms with Crippen LogP contribution in [0.2, 0.25) is 0 Å². The Morgan fingerprint density at radius 3 is 2.20 bits per heavy atom. The Bertz CT molecular complexity index is 107. The summed E-state index contributed by atoms with van der Waals surface area (Å²) in [6.07, 6.45) is 9.26. The molecule has 0 unspecified atom stereocenters. The van der Waals surface area contributed by atoms with Crippen molar-refractivity contribution >= 4 is 0 Å². The van der Waals surface area contributed by atoms with E-state index in [2.05, 4.69) is 6.92 Å². The zero-order valence-electron chi connectivity index (χ0n) is 6.97. The molecule has 0 bridgehead atoms. The molecule has 0 saturated heterocycles. The van der Waals surface area contributed by atoms with E-state index in [0.717, 1.165) is 17.8 Å². The fraction of sp³-hybridized carbons (Fsp3) is 1.00. The molecule has 2 saturated carbocycles. The lowest BCUT2D eigenvalue weighted by molar-refractivity contribution is 0.141. The predicted octanol–water partition coefficient (Wildman–Crippen LogP) is 3.22. The van der Waals surface area contributed by atoms with Crippen LogP contribution in [0.5, 0.6) is 0 Å². The van der Waals surface area contributed by atoms with Gasteiger partial charge in [-0.3, -0.25) is 0 Å². The van der Waals surface area contributed by atoms with E-state index >= 15 is 0 Å². The second-order valence-electron chi connectivity index (χ2n) is 4.48. The lowest BCUT2D eigenvalue weighted by atomic mass is 9.68. The topological polar surface area (TPSA) is 0 Å². The molecule has 0 heteroatoms. The van der Waals surface area contributed by atoms with Crippen LogP contribution in [0, 0.1) is 17.8 Å². The van der Waals surface area contributed by atoms with Crippen molar-refractivity contribution in [2.75, 3.05) is 0 Å². The van der Waals surface area contributed by atoms with Gasteiger partial charge in [0.05, 0.1) is 0 Å². The highest BCUT2D eigenvalue weighted by molar-refractivity contribution is 4.81. The molecule has 0 atom stereocenters. The maximum atomic E-state index is 2.39. The van der Waals surface area contributed by atoms with Gasteiger partial charge >= 0.3 is 0 Å². The van der Waals surface area contributed by atoms with Crippen molar-refractivity contribution in [3.8, 4) is 0 Å². The third kappa shape index (κ3) is 1.21. The fourth-order valence-electron chi connectivity index (χ4n) is 2.46. The maximum Gasteiger partial charge on any atom is -0.0407 e. The van der Waals surface area contributed by atoms with E-state index in [4.69, 9.17) is 0 Å². The van der Waals surface area contributed by atoms with E-state index in [1.807, 2.05) is 0 Å². The lowest BCUT2D eigenvalue weighted by Crippen LogP contribution is -2.25. The average molecular weight is 138 g/mol. The zero-order valence-corrected chi connectivity index (χ0v) is 6.97. The van der Waals surface area contributed by atoms with Gasteiger partial charge in [-0.15, -0.1) is 0 Å². The van der Waals surface area contributed by atoms with Crippen LogP contribution in [0.3, 0.4) is 0 Å². The SMILES string of the molecule is CC1CC(CC2CCC2)C1. The van der Waals surface area contributed by atoms with Gasteiger partial charge in [0, 0.05) is 0 Å². The van der Waals surface area contributed by atoms with Crippen LogP contribution in [0.4, 0.5) is 0 Å². The smallest absolute Gasteiger partial charge is 0.0407 e. The molecule has 0 aliphatic heterocycles. The van der Waals surface area contributed by atoms with Crippen LogP contribution in [-0.4, -0.2) is 0 Å². The van der Waals surface area contributed by atoms with Crippen molar-refractivity contribution in [1.29, 1.82) is 0 Å². The summed E-state index contributed by atoms with van der Waals surface area (Å²) in [4.78, 5) is 0. The van der Waals surface area contributed by atoms with Crippen LogP contribution in [0.25, 0.3) is 0 Å². The predicted molar refractivity (Wildman–Crippen MR) is 43.8 cm³/mol. The molecule has 2 rings (SSSR count). The third-order valence-corrected chi connectivity index (χ3v) is 3.36. The van der Waals surface area contributed by atoms with E-state index in [1.165, 1.54) is 19.3 Å². The maximum absolute atomic E-state index is 2.39. The molecule has 0 spiro atoms. The van der Waals surface area contributed by atoms with Gasteiger partial charge in [0.25, 0.3) is 0 Å². The van der Waals surface area contributed by atoms with E-state index < -0.39 is 0 Å². The molecule has 0 radical (unpaired) electrons. The quantitative estimate of drug-likeness (QED) is 0.549. The second-order valence-corrected chi connectivity index (χ2v) is 4.48. The van der Waals surface area contributed by atoms with Gasteiger partial charge in [-0.25, -0.2) is 0 Å². The summed E-state index contributed by atoms with van der Waals surface area (Å²) in [5, 5.41) is 0. The molecule has 0 amide bonds. The Hall–Kier alpha value is 0. The van der Waals surface area contributed by atoms with Gasteiger partial charge in [0.1, 0.15) is 0 Å². The van der Waals surface area contributed by atoms with E-state index in [1.54, 1.807) is 19.3 Å². The zero-order chi connectivity index (χ0) is 6.97. The number of rotatable bonds is 2. The molecule has 58 valence electrons. The molecule has 0 aromatic carbocycles. The normalized spacial score (nSPS) is 40.5. The van der Waals surface area contributed by atoms with Crippen LogP contribution < -0.4 is 0 Å². The van der Waals surface area contributed by atoms with Gasteiger partial charge in [-0.2, -0.15) is 0 Å². The monoisotopic (exact) mass is 138 g/mol. The Morgan fingerprint density at radius 1 is 1.10 bits per heavy atom. The van der Waals surface area contributed by atoms with Crippen LogP contribution >= 0.6 is 0 Å². The molecule has 2 fully saturated rings. The van der Waals surface area contributed by atoms with Gasteiger partial charge in [0.2, 0.25) is 0 Å². The average Bonchev–Trinajstić information content (AvgIpc) is 1.72. The molecular formula is C10H18. The van der Waals surface area contributed by atoms with Crippen molar-refractivity contribution in [3.63, 3.8) is 0 Å². The summed E-state index contributed by atoms with van der Waals surface area (Å²) in [5.74, 6) is 3.35.